The van der Waals surface area contributed by atoms with E-state index in [0.29, 0.717) is 11.0 Å². The molecular weight excluding hydrogens is 260 g/mol. The lowest BCUT2D eigenvalue weighted by Gasteiger charge is -2.30. The zero-order valence-electron chi connectivity index (χ0n) is 11.6. The number of rotatable bonds is 4. The molecule has 2 atom stereocenters. The molecule has 0 saturated carbocycles. The fraction of sp³-hybridized carbons (Fsp3) is 0.500. The lowest BCUT2D eigenvalue weighted by atomic mass is 10.1. The largest absolute Gasteiger partial charge is 0.497 e. The number of nitrogens with two attached hydrogens (primary N) is 1. The van der Waals surface area contributed by atoms with Crippen molar-refractivity contribution in [2.24, 2.45) is 5.73 Å². The molecule has 0 bridgehead atoms. The molecule has 0 radical (unpaired) electrons. The maximum atomic E-state index is 5.81. The molecule has 0 aliphatic carbocycles. The van der Waals surface area contributed by atoms with Gasteiger partial charge in [0, 0.05) is 25.3 Å². The van der Waals surface area contributed by atoms with Gasteiger partial charge in [-0.2, -0.15) is 0 Å². The number of nitrogens with zero attached hydrogens (tertiary/aromatic N) is 1. The van der Waals surface area contributed by atoms with Gasteiger partial charge in [-0.25, -0.2) is 0 Å². The van der Waals surface area contributed by atoms with E-state index in [1.54, 1.807) is 7.11 Å². The minimum atomic E-state index is 0.204. The molecule has 0 spiro atoms. The van der Waals surface area contributed by atoms with E-state index in [1.807, 2.05) is 25.2 Å². The summed E-state index contributed by atoms with van der Waals surface area (Å²) in [6.07, 6.45) is 1.21. The van der Waals surface area contributed by atoms with Gasteiger partial charge in [-0.3, -0.25) is 0 Å². The molecule has 2 unspecified atom stereocenters. The van der Waals surface area contributed by atoms with Crippen molar-refractivity contribution in [3.8, 4) is 5.75 Å². The van der Waals surface area contributed by atoms with Crippen LogP contribution in [0.2, 0.25) is 0 Å². The molecule has 2 rings (SSSR count). The first-order valence-electron chi connectivity index (χ1n) is 6.37. The summed E-state index contributed by atoms with van der Waals surface area (Å²) in [6.45, 7) is 2.89. The van der Waals surface area contributed by atoms with Crippen molar-refractivity contribution in [1.29, 1.82) is 0 Å². The third-order valence-electron chi connectivity index (χ3n) is 3.68. The van der Waals surface area contributed by atoms with Gasteiger partial charge in [0.05, 0.1) is 24.9 Å². The number of likely N-dealkylation sites (N-methyl/N-ethyl adjacent to an activating group) is 1. The minimum absolute atomic E-state index is 0.204. The number of thiocarbonyl (C=S) groups is 1. The molecule has 1 aliphatic heterocycles. The first-order chi connectivity index (χ1) is 9.04. The van der Waals surface area contributed by atoms with Gasteiger partial charge in [-0.05, 0) is 25.5 Å². The molecule has 1 aromatic rings. The van der Waals surface area contributed by atoms with Crippen LogP contribution in [0.4, 0.5) is 5.69 Å². The predicted octanol–water partition coefficient (Wildman–Crippen LogP) is 1.94. The SMILES string of the molecule is COc1ccc(C(N)=S)c(N(C)C2CCOC2C)c1. The van der Waals surface area contributed by atoms with Gasteiger partial charge < -0.3 is 20.1 Å². The van der Waals surface area contributed by atoms with Crippen molar-refractivity contribution in [3.05, 3.63) is 23.8 Å². The molecular formula is C14H20N2O2S. The molecule has 19 heavy (non-hydrogen) atoms. The molecule has 5 heteroatoms. The standard InChI is InChI=1S/C14H20N2O2S/c1-9-12(6-7-18-9)16(2)13-8-10(17-3)4-5-11(13)14(15)19/h4-5,8-9,12H,6-7H2,1-3H3,(H2,15,19). The summed E-state index contributed by atoms with van der Waals surface area (Å²) < 4.78 is 10.9. The van der Waals surface area contributed by atoms with E-state index in [2.05, 4.69) is 11.8 Å². The highest BCUT2D eigenvalue weighted by Crippen LogP contribution is 2.30. The molecule has 1 heterocycles. The zero-order chi connectivity index (χ0) is 14.0. The molecule has 104 valence electrons. The van der Waals surface area contributed by atoms with Gasteiger partial charge in [0.2, 0.25) is 0 Å². The van der Waals surface area contributed by atoms with Crippen LogP contribution in [-0.2, 0) is 4.74 Å². The lowest BCUT2D eigenvalue weighted by molar-refractivity contribution is 0.118. The predicted molar refractivity (Wildman–Crippen MR) is 81.1 cm³/mol. The van der Waals surface area contributed by atoms with Gasteiger partial charge in [0.15, 0.2) is 0 Å². The monoisotopic (exact) mass is 280 g/mol. The van der Waals surface area contributed by atoms with Crippen LogP contribution in [0.15, 0.2) is 18.2 Å². The van der Waals surface area contributed by atoms with Gasteiger partial charge in [-0.15, -0.1) is 0 Å². The first kappa shape index (κ1) is 14.1. The zero-order valence-corrected chi connectivity index (χ0v) is 12.4. The van der Waals surface area contributed by atoms with Gasteiger partial charge in [0.25, 0.3) is 0 Å². The fourth-order valence-electron chi connectivity index (χ4n) is 2.55. The number of anilines is 1. The highest BCUT2D eigenvalue weighted by Gasteiger charge is 2.29. The second-order valence-corrected chi connectivity index (χ2v) is 5.23. The Bertz CT molecular complexity index is 479. The Morgan fingerprint density at radius 2 is 2.26 bits per heavy atom. The van der Waals surface area contributed by atoms with E-state index in [0.717, 1.165) is 30.0 Å². The van der Waals surface area contributed by atoms with Crippen molar-refractivity contribution in [1.82, 2.24) is 0 Å². The third kappa shape index (κ3) is 2.82. The summed E-state index contributed by atoms with van der Waals surface area (Å²) in [7, 11) is 3.70. The van der Waals surface area contributed by atoms with E-state index in [1.165, 1.54) is 0 Å². The van der Waals surface area contributed by atoms with Gasteiger partial charge in [0.1, 0.15) is 10.7 Å². The Labute approximate surface area is 119 Å². The van der Waals surface area contributed by atoms with E-state index in [9.17, 15) is 0 Å². The van der Waals surface area contributed by atoms with E-state index >= 15 is 0 Å². The second-order valence-electron chi connectivity index (χ2n) is 4.79. The Hall–Kier alpha value is -1.33. The van der Waals surface area contributed by atoms with Gasteiger partial charge >= 0.3 is 0 Å². The maximum absolute atomic E-state index is 5.81. The Kier molecular flexibility index (Phi) is 4.27. The number of benzene rings is 1. The molecule has 1 aromatic carbocycles. The highest BCUT2D eigenvalue weighted by molar-refractivity contribution is 7.80. The lowest BCUT2D eigenvalue weighted by Crippen LogP contribution is -2.37. The molecule has 2 N–H and O–H groups in total. The van der Waals surface area contributed by atoms with Gasteiger partial charge in [-0.1, -0.05) is 12.2 Å². The minimum Gasteiger partial charge on any atom is -0.497 e. The summed E-state index contributed by atoms with van der Waals surface area (Å²) >= 11 is 5.13. The van der Waals surface area contributed by atoms with Crippen LogP contribution in [0.25, 0.3) is 0 Å². The quantitative estimate of drug-likeness (QED) is 0.854. The van der Waals surface area contributed by atoms with E-state index < -0.39 is 0 Å². The Morgan fingerprint density at radius 3 is 2.79 bits per heavy atom. The third-order valence-corrected chi connectivity index (χ3v) is 3.90. The topological polar surface area (TPSA) is 47.7 Å². The van der Waals surface area contributed by atoms with Crippen LogP contribution in [0.1, 0.15) is 18.9 Å². The molecule has 0 aromatic heterocycles. The van der Waals surface area contributed by atoms with Crippen molar-refractivity contribution >= 4 is 22.9 Å². The Morgan fingerprint density at radius 1 is 1.53 bits per heavy atom. The summed E-state index contributed by atoms with van der Waals surface area (Å²) in [5.74, 6) is 0.799. The van der Waals surface area contributed by atoms with Crippen molar-refractivity contribution < 1.29 is 9.47 Å². The summed E-state index contributed by atoms with van der Waals surface area (Å²) in [5.41, 5.74) is 7.68. The molecule has 1 fully saturated rings. The maximum Gasteiger partial charge on any atom is 0.120 e. The smallest absolute Gasteiger partial charge is 0.120 e. The van der Waals surface area contributed by atoms with Crippen LogP contribution in [0.5, 0.6) is 5.75 Å². The molecule has 1 aliphatic rings. The van der Waals surface area contributed by atoms with Crippen LogP contribution in [-0.4, -0.2) is 37.9 Å². The normalized spacial score (nSPS) is 22.3. The van der Waals surface area contributed by atoms with Crippen LogP contribution >= 0.6 is 12.2 Å². The summed E-state index contributed by atoms with van der Waals surface area (Å²) in [6, 6.07) is 6.09. The number of ether oxygens (including phenoxy) is 2. The number of hydrogen-bond acceptors (Lipinski definition) is 4. The van der Waals surface area contributed by atoms with E-state index in [-0.39, 0.29) is 6.10 Å². The first-order valence-corrected chi connectivity index (χ1v) is 6.77. The van der Waals surface area contributed by atoms with Crippen molar-refractivity contribution in [2.45, 2.75) is 25.5 Å². The van der Waals surface area contributed by atoms with Crippen molar-refractivity contribution in [2.75, 3.05) is 25.7 Å². The van der Waals surface area contributed by atoms with Crippen LogP contribution < -0.4 is 15.4 Å². The van der Waals surface area contributed by atoms with Crippen LogP contribution in [0, 0.1) is 0 Å². The number of hydrogen-bond donors (Lipinski definition) is 1. The average Bonchev–Trinajstić information content (AvgIpc) is 2.83. The molecule has 0 amide bonds. The summed E-state index contributed by atoms with van der Waals surface area (Å²) in [4.78, 5) is 2.59. The second kappa shape index (κ2) is 5.75. The van der Waals surface area contributed by atoms with Crippen molar-refractivity contribution in [3.63, 3.8) is 0 Å². The Balaban J connectivity index is 2.37. The molecule has 4 nitrogen and oxygen atoms in total. The van der Waals surface area contributed by atoms with Crippen LogP contribution in [0.3, 0.4) is 0 Å². The van der Waals surface area contributed by atoms with E-state index in [4.69, 9.17) is 27.4 Å². The fourth-order valence-corrected chi connectivity index (χ4v) is 2.72. The number of methoxy groups -OCH3 is 1. The summed E-state index contributed by atoms with van der Waals surface area (Å²) in [5, 5.41) is 0. The highest BCUT2D eigenvalue weighted by atomic mass is 32.1. The molecule has 1 saturated heterocycles. The average molecular weight is 280 g/mol.